The number of ketones is 2. The molecule has 0 aromatic heterocycles. The molecule has 0 spiro atoms. The highest BCUT2D eigenvalue weighted by atomic mass is 79.9. The summed E-state index contributed by atoms with van der Waals surface area (Å²) in [4.78, 5) is 94.1. The lowest BCUT2D eigenvalue weighted by Gasteiger charge is -2.71. The smallest absolute Gasteiger partial charge is 0.470 e. The predicted molar refractivity (Wildman–Crippen MR) is 221 cm³/mol. The number of aliphatic carboxylic acids is 1. The molecule has 1 aromatic rings. The van der Waals surface area contributed by atoms with Gasteiger partial charge in [-0.1, -0.05) is 41.1 Å². The summed E-state index contributed by atoms with van der Waals surface area (Å²) in [5.41, 5.74) is -8.52. The molecule has 65 heavy (non-hydrogen) atoms. The van der Waals surface area contributed by atoms with Crippen LogP contribution in [0.15, 0.2) is 42.0 Å². The average Bonchev–Trinajstić information content (AvgIpc) is 3.70. The standard InChI is InChI=1S/C43H50BrF3N3O14P/c1-38-8-7-22(51)10-26(38)28(46)11-25-24-12-32-43(31(53)17-62-65(59,60)61,39(24,2)14-30(52)42(25,38)47)64-37(63-32)23-4-3-21(9-27(23)45)13-40-18-41(19-40,20-40)50-36(58)29(5-6-35(56)57)49-34(55)16-48-33(54)15-44/h3-4,7-10,24-25,28-30,32,37,52H,5-6,11-20H2,1-2H3,(H,48,54)(H,49,55)(H,50,58)(H,56,57)(H2,59,60,61)/t24-,25-,28-,29-,30-,32+,37+,38-,39-,40?,41?,42-,43+/m0/s1. The number of hydrogen-bond acceptors (Lipinski definition) is 11. The number of hydrogen-bond donors (Lipinski definition) is 7. The Labute approximate surface area is 379 Å². The highest BCUT2D eigenvalue weighted by Crippen LogP contribution is 2.73. The van der Waals surface area contributed by atoms with Gasteiger partial charge in [-0.05, 0) is 99.0 Å². The number of carboxylic acid groups (broad SMARTS) is 1. The van der Waals surface area contributed by atoms with Gasteiger partial charge in [0.15, 0.2) is 29.1 Å². The second-order valence-corrected chi connectivity index (χ2v) is 21.2. The Balaban J connectivity index is 0.972. The number of carbonyl (C=O) groups is 6. The van der Waals surface area contributed by atoms with Crippen LogP contribution in [0.2, 0.25) is 0 Å². The number of benzene rings is 1. The highest BCUT2D eigenvalue weighted by Gasteiger charge is 2.80. The van der Waals surface area contributed by atoms with Gasteiger partial charge in [-0.3, -0.25) is 33.3 Å². The quantitative estimate of drug-likeness (QED) is 0.0928. The van der Waals surface area contributed by atoms with Crippen molar-refractivity contribution in [3.63, 3.8) is 0 Å². The molecule has 7 aliphatic carbocycles. The highest BCUT2D eigenvalue weighted by molar-refractivity contribution is 9.09. The molecule has 6 saturated carbocycles. The fourth-order valence-electron chi connectivity index (χ4n) is 12.8. The van der Waals surface area contributed by atoms with Gasteiger partial charge >= 0.3 is 13.8 Å². The van der Waals surface area contributed by atoms with Gasteiger partial charge in [-0.2, -0.15) is 0 Å². The van der Waals surface area contributed by atoms with Crippen LogP contribution < -0.4 is 16.0 Å². The summed E-state index contributed by atoms with van der Waals surface area (Å²) >= 11 is 2.97. The molecular formula is C43H50BrF3N3O14P. The summed E-state index contributed by atoms with van der Waals surface area (Å²) in [6, 6.07) is 3.18. The Morgan fingerprint density at radius 1 is 1.08 bits per heavy atom. The van der Waals surface area contributed by atoms with Crippen molar-refractivity contribution >= 4 is 59.0 Å². The fraction of sp³-hybridized carbons (Fsp3) is 0.628. The molecule has 22 heteroatoms. The van der Waals surface area contributed by atoms with Crippen molar-refractivity contribution in [1.82, 2.24) is 16.0 Å². The summed E-state index contributed by atoms with van der Waals surface area (Å²) in [7, 11) is -5.22. The van der Waals surface area contributed by atoms with Crippen molar-refractivity contribution in [3.05, 3.63) is 58.9 Å². The molecule has 7 N–H and O–H groups in total. The summed E-state index contributed by atoms with van der Waals surface area (Å²) < 4.78 is 79.3. The molecule has 8 aliphatic rings. The number of nitrogens with one attached hydrogen (secondary N) is 3. The molecule has 1 saturated heterocycles. The van der Waals surface area contributed by atoms with Gasteiger partial charge in [0.05, 0.1) is 24.1 Å². The molecule has 17 nitrogen and oxygen atoms in total. The van der Waals surface area contributed by atoms with E-state index in [0.717, 1.165) is 12.2 Å². The molecule has 7 fully saturated rings. The first-order chi connectivity index (χ1) is 30.3. The zero-order valence-corrected chi connectivity index (χ0v) is 37.8. The number of fused-ring (bicyclic) bond motifs is 7. The maximum atomic E-state index is 17.9. The van der Waals surface area contributed by atoms with E-state index in [1.807, 2.05) is 0 Å². The largest absolute Gasteiger partial charge is 0.481 e. The van der Waals surface area contributed by atoms with Gasteiger partial charge in [-0.15, -0.1) is 0 Å². The Bertz CT molecular complexity index is 2330. The lowest BCUT2D eigenvalue weighted by molar-refractivity contribution is -0.235. The number of Topliss-reactive ketones (excluding diaryl/α,β-unsaturated/α-hetero) is 1. The third-order valence-electron chi connectivity index (χ3n) is 15.4. The number of carbonyl (C=O) groups excluding carboxylic acids is 5. The average molecular weight is 1000 g/mol. The third kappa shape index (κ3) is 7.84. The van der Waals surface area contributed by atoms with Crippen LogP contribution in [0.4, 0.5) is 13.2 Å². The number of alkyl halides is 3. The van der Waals surface area contributed by atoms with E-state index < -0.39 is 151 Å². The molecule has 1 heterocycles. The van der Waals surface area contributed by atoms with Gasteiger partial charge in [0, 0.05) is 34.3 Å². The number of ether oxygens (including phenoxy) is 2. The second kappa shape index (κ2) is 16.5. The topological polar surface area (TPSA) is 264 Å². The molecule has 2 bridgehead atoms. The van der Waals surface area contributed by atoms with E-state index in [4.69, 9.17) is 9.47 Å². The van der Waals surface area contributed by atoms with Crippen LogP contribution in [0.25, 0.3) is 0 Å². The minimum Gasteiger partial charge on any atom is -0.481 e. The van der Waals surface area contributed by atoms with Crippen LogP contribution in [0.3, 0.4) is 0 Å². The number of aliphatic hydroxyl groups is 1. The van der Waals surface area contributed by atoms with Crippen molar-refractivity contribution in [2.45, 2.75) is 119 Å². The van der Waals surface area contributed by atoms with Gasteiger partial charge < -0.3 is 45.4 Å². The summed E-state index contributed by atoms with van der Waals surface area (Å²) in [6.45, 7) is 1.37. The Kier molecular flexibility index (Phi) is 12.1. The number of rotatable bonds is 16. The number of halogens is 4. The van der Waals surface area contributed by atoms with Crippen LogP contribution in [0.1, 0.15) is 82.6 Å². The van der Waals surface area contributed by atoms with Crippen LogP contribution in [-0.4, -0.2) is 115 Å². The van der Waals surface area contributed by atoms with E-state index in [0.29, 0.717) is 31.2 Å². The maximum Gasteiger partial charge on any atom is 0.470 e. The molecule has 1 aromatic carbocycles. The zero-order valence-electron chi connectivity index (χ0n) is 35.3. The minimum absolute atomic E-state index is 0.0372. The normalized spacial score (nSPS) is 39.0. The number of carboxylic acids is 1. The Morgan fingerprint density at radius 2 is 1.78 bits per heavy atom. The molecule has 11 atom stereocenters. The van der Waals surface area contributed by atoms with Crippen LogP contribution >= 0.6 is 23.8 Å². The third-order valence-corrected chi connectivity index (χ3v) is 16.4. The number of aliphatic hydroxyl groups excluding tert-OH is 1. The summed E-state index contributed by atoms with van der Waals surface area (Å²) in [6.07, 6.45) is -2.67. The molecule has 0 unspecified atom stereocenters. The van der Waals surface area contributed by atoms with Gasteiger partial charge in [0.1, 0.15) is 24.6 Å². The first kappa shape index (κ1) is 47.7. The Morgan fingerprint density at radius 3 is 2.43 bits per heavy atom. The van der Waals surface area contributed by atoms with Gasteiger partial charge in [0.25, 0.3) is 0 Å². The number of phosphoric acid groups is 1. The van der Waals surface area contributed by atoms with Crippen molar-refractivity contribution in [3.8, 4) is 0 Å². The van der Waals surface area contributed by atoms with E-state index in [2.05, 4.69) is 36.4 Å². The van der Waals surface area contributed by atoms with Crippen molar-refractivity contribution in [2.75, 3.05) is 18.5 Å². The first-order valence-corrected chi connectivity index (χ1v) is 24.0. The SMILES string of the molecule is C[C@]12C=CC(=O)C=C1[C@@H](F)C[C@H]1[C@@H]3C[C@H]4O[C@@H](c5ccc(CC67CC(NC(=O)[C@H](CCC(=O)O)NC(=O)CNC(=O)CBr)(C6)C7)cc5F)O[C@@]4(C(=O)COP(=O)(O)O)[C@@]3(C)C[C@H](O)[C@@]12F. The number of allylic oxidation sites excluding steroid dienone is 4. The molecule has 9 rings (SSSR count). The molecular weight excluding hydrogens is 950 g/mol. The van der Waals surface area contributed by atoms with Crippen molar-refractivity contribution in [1.29, 1.82) is 0 Å². The van der Waals surface area contributed by atoms with E-state index in [1.54, 1.807) is 13.0 Å². The molecule has 354 valence electrons. The van der Waals surface area contributed by atoms with Crippen LogP contribution in [0, 0.1) is 33.9 Å². The van der Waals surface area contributed by atoms with E-state index in [9.17, 15) is 53.3 Å². The van der Waals surface area contributed by atoms with E-state index in [1.165, 1.54) is 25.1 Å². The fourth-order valence-corrected chi connectivity index (χ4v) is 13.3. The molecule has 0 radical (unpaired) electrons. The van der Waals surface area contributed by atoms with Gasteiger partial charge in [0.2, 0.25) is 17.7 Å². The van der Waals surface area contributed by atoms with Crippen LogP contribution in [0.5, 0.6) is 0 Å². The van der Waals surface area contributed by atoms with Gasteiger partial charge in [-0.25, -0.2) is 17.7 Å². The lowest BCUT2D eigenvalue weighted by atomic mass is 9.38. The van der Waals surface area contributed by atoms with Crippen molar-refractivity contribution < 1.29 is 80.5 Å². The van der Waals surface area contributed by atoms with Crippen LogP contribution in [-0.2, 0) is 53.8 Å². The number of phosphoric ester groups is 1. The van der Waals surface area contributed by atoms with E-state index in [-0.39, 0.29) is 34.7 Å². The predicted octanol–water partition coefficient (Wildman–Crippen LogP) is 3.03. The lowest BCUT2D eigenvalue weighted by Crippen LogP contribution is -2.76. The number of amides is 3. The molecule has 3 amide bonds. The minimum atomic E-state index is -5.22. The monoisotopic (exact) mass is 999 g/mol. The summed E-state index contributed by atoms with van der Waals surface area (Å²) in [5.74, 6) is -7.32. The Hall–Kier alpha value is -3.82. The second-order valence-electron chi connectivity index (χ2n) is 19.4. The first-order valence-electron chi connectivity index (χ1n) is 21.3. The van der Waals surface area contributed by atoms with E-state index >= 15 is 13.2 Å². The maximum absolute atomic E-state index is 17.9. The zero-order chi connectivity index (χ0) is 47.3. The van der Waals surface area contributed by atoms with Crippen molar-refractivity contribution in [2.24, 2.45) is 28.1 Å². The summed E-state index contributed by atoms with van der Waals surface area (Å²) in [5, 5.41) is 28.8. The molecule has 1 aliphatic heterocycles.